The van der Waals surface area contributed by atoms with Crippen LogP contribution in [0.1, 0.15) is 25.7 Å². The summed E-state index contributed by atoms with van der Waals surface area (Å²) in [5, 5.41) is 10.1. The Morgan fingerprint density at radius 1 is 1.24 bits per heavy atom. The van der Waals surface area contributed by atoms with E-state index in [1.54, 1.807) is 12.1 Å². The molecule has 1 aromatic carbocycles. The van der Waals surface area contributed by atoms with Crippen LogP contribution in [0.2, 0.25) is 0 Å². The van der Waals surface area contributed by atoms with Crippen molar-refractivity contribution in [1.82, 2.24) is 4.90 Å². The molecule has 21 heavy (non-hydrogen) atoms. The quantitative estimate of drug-likeness (QED) is 0.587. The molecule has 0 radical (unpaired) electrons. The van der Waals surface area contributed by atoms with E-state index in [4.69, 9.17) is 15.9 Å². The number of likely N-dealkylation sites (tertiary alicyclic amines) is 1. The molecule has 1 heterocycles. The maximum atomic E-state index is 12.3. The van der Waals surface area contributed by atoms with Crippen LogP contribution in [0.5, 0.6) is 5.75 Å². The lowest BCUT2D eigenvalue weighted by molar-refractivity contribution is 0.213. The minimum Gasteiger partial charge on any atom is -0.484 e. The number of carbonyl (C=O) groups is 1. The molecule has 0 atom stereocenters. The van der Waals surface area contributed by atoms with Crippen LogP contribution in [-0.4, -0.2) is 36.5 Å². The molecular weight excluding hydrogens is 268 g/mol. The van der Waals surface area contributed by atoms with E-state index in [0.717, 1.165) is 25.9 Å². The fourth-order valence-corrected chi connectivity index (χ4v) is 2.32. The molecule has 0 aliphatic carbocycles. The van der Waals surface area contributed by atoms with Crippen molar-refractivity contribution < 1.29 is 9.53 Å². The minimum atomic E-state index is -0.101. The molecule has 6 heteroatoms. The molecule has 4 N–H and O–H groups in total. The second-order valence-electron chi connectivity index (χ2n) is 5.14. The normalized spacial score (nSPS) is 15.1. The molecule has 0 bridgehead atoms. The van der Waals surface area contributed by atoms with Gasteiger partial charge in [0.15, 0.2) is 0 Å². The number of ether oxygens (including phenoxy) is 1. The van der Waals surface area contributed by atoms with E-state index in [2.05, 4.69) is 5.32 Å². The molecule has 0 spiro atoms. The Kier molecular flexibility index (Phi) is 5.43. The molecule has 0 saturated carbocycles. The zero-order valence-corrected chi connectivity index (χ0v) is 12.1. The fraction of sp³-hybridized carbons (Fsp3) is 0.467. The van der Waals surface area contributed by atoms with Gasteiger partial charge in [-0.1, -0.05) is 25.0 Å². The molecule has 2 amide bonds. The molecule has 2 rings (SSSR count). The summed E-state index contributed by atoms with van der Waals surface area (Å²) in [7, 11) is 0. The van der Waals surface area contributed by atoms with Crippen LogP contribution < -0.4 is 15.8 Å². The highest BCUT2D eigenvalue weighted by molar-refractivity contribution is 5.91. The Balaban J connectivity index is 2.00. The average molecular weight is 290 g/mol. The third kappa shape index (κ3) is 4.66. The number of hydrogen-bond donors (Lipinski definition) is 3. The predicted octanol–water partition coefficient (Wildman–Crippen LogP) is 2.41. The van der Waals surface area contributed by atoms with E-state index in [0.29, 0.717) is 11.4 Å². The largest absolute Gasteiger partial charge is 0.484 e. The number of nitrogens with two attached hydrogens (primary N) is 1. The third-order valence-corrected chi connectivity index (χ3v) is 3.41. The van der Waals surface area contributed by atoms with Gasteiger partial charge in [0, 0.05) is 13.1 Å². The third-order valence-electron chi connectivity index (χ3n) is 3.41. The Bertz CT molecular complexity index is 496. The van der Waals surface area contributed by atoms with Crippen molar-refractivity contribution in [3.8, 4) is 5.75 Å². The first-order chi connectivity index (χ1) is 10.2. The van der Waals surface area contributed by atoms with Crippen LogP contribution in [0.3, 0.4) is 0 Å². The van der Waals surface area contributed by atoms with Crippen molar-refractivity contribution in [1.29, 1.82) is 5.41 Å². The minimum absolute atomic E-state index is 0.0105. The van der Waals surface area contributed by atoms with Gasteiger partial charge >= 0.3 is 6.03 Å². The summed E-state index contributed by atoms with van der Waals surface area (Å²) in [6, 6.07) is 7.08. The maximum Gasteiger partial charge on any atom is 0.321 e. The predicted molar refractivity (Wildman–Crippen MR) is 82.9 cm³/mol. The van der Waals surface area contributed by atoms with E-state index in [9.17, 15) is 4.79 Å². The van der Waals surface area contributed by atoms with E-state index in [1.165, 1.54) is 12.8 Å². The summed E-state index contributed by atoms with van der Waals surface area (Å²) in [6.45, 7) is 1.60. The second-order valence-corrected chi connectivity index (χ2v) is 5.14. The molecule has 1 aromatic rings. The number of anilines is 1. The van der Waals surface area contributed by atoms with Crippen molar-refractivity contribution in [3.05, 3.63) is 24.3 Å². The smallest absolute Gasteiger partial charge is 0.321 e. The highest BCUT2D eigenvalue weighted by atomic mass is 16.5. The highest BCUT2D eigenvalue weighted by Gasteiger charge is 2.16. The van der Waals surface area contributed by atoms with Crippen LogP contribution in [0.25, 0.3) is 0 Å². The number of benzene rings is 1. The summed E-state index contributed by atoms with van der Waals surface area (Å²) in [5.41, 5.74) is 5.89. The molecule has 0 unspecified atom stereocenters. The van der Waals surface area contributed by atoms with Crippen molar-refractivity contribution in [2.24, 2.45) is 5.73 Å². The van der Waals surface area contributed by atoms with E-state index in [-0.39, 0.29) is 18.5 Å². The van der Waals surface area contributed by atoms with Crippen molar-refractivity contribution in [2.75, 3.05) is 25.0 Å². The number of urea groups is 1. The summed E-state index contributed by atoms with van der Waals surface area (Å²) in [6.07, 6.45) is 4.47. The molecule has 1 aliphatic rings. The Morgan fingerprint density at radius 3 is 2.57 bits per heavy atom. The van der Waals surface area contributed by atoms with Crippen molar-refractivity contribution in [2.45, 2.75) is 25.7 Å². The second kappa shape index (κ2) is 7.52. The van der Waals surface area contributed by atoms with Gasteiger partial charge in [0.2, 0.25) is 0 Å². The van der Waals surface area contributed by atoms with Gasteiger partial charge < -0.3 is 20.7 Å². The number of para-hydroxylation sites is 2. The van der Waals surface area contributed by atoms with Crippen LogP contribution in [0.15, 0.2) is 24.3 Å². The van der Waals surface area contributed by atoms with Gasteiger partial charge in [-0.05, 0) is 25.0 Å². The number of hydrogen-bond acceptors (Lipinski definition) is 3. The summed E-state index contributed by atoms with van der Waals surface area (Å²) < 4.78 is 5.43. The summed E-state index contributed by atoms with van der Waals surface area (Å²) in [4.78, 5) is 14.1. The molecule has 1 fully saturated rings. The monoisotopic (exact) mass is 290 g/mol. The number of rotatable bonds is 4. The van der Waals surface area contributed by atoms with Crippen molar-refractivity contribution in [3.63, 3.8) is 0 Å². The van der Waals surface area contributed by atoms with Gasteiger partial charge in [-0.15, -0.1) is 0 Å². The number of amides is 2. The van der Waals surface area contributed by atoms with Gasteiger partial charge in [0.05, 0.1) is 5.69 Å². The number of nitrogens with zero attached hydrogens (tertiary/aromatic N) is 1. The lowest BCUT2D eigenvalue weighted by Gasteiger charge is -2.21. The zero-order valence-electron chi connectivity index (χ0n) is 12.1. The van der Waals surface area contributed by atoms with Gasteiger partial charge in [0.1, 0.15) is 18.2 Å². The van der Waals surface area contributed by atoms with Gasteiger partial charge in [0.25, 0.3) is 0 Å². The standard InChI is InChI=1S/C15H22N4O2/c16-14(17)11-21-13-8-4-3-7-12(13)18-15(20)19-9-5-1-2-6-10-19/h3-4,7-8H,1-2,5-6,9-11H2,(H3,16,17)(H,18,20). The molecule has 0 aromatic heterocycles. The van der Waals surface area contributed by atoms with E-state index >= 15 is 0 Å². The highest BCUT2D eigenvalue weighted by Crippen LogP contribution is 2.24. The average Bonchev–Trinajstić information content (AvgIpc) is 2.75. The van der Waals surface area contributed by atoms with E-state index in [1.807, 2.05) is 17.0 Å². The Labute approximate surface area is 124 Å². The Morgan fingerprint density at radius 2 is 1.90 bits per heavy atom. The number of nitrogens with one attached hydrogen (secondary N) is 2. The maximum absolute atomic E-state index is 12.3. The number of carbonyl (C=O) groups excluding carboxylic acids is 1. The first kappa shape index (κ1) is 15.2. The molecule has 114 valence electrons. The molecule has 1 aliphatic heterocycles. The number of amidine groups is 1. The Hall–Kier alpha value is -2.24. The SMILES string of the molecule is N=C(N)COc1ccccc1NC(=O)N1CCCCCC1. The molecule has 6 nitrogen and oxygen atoms in total. The lowest BCUT2D eigenvalue weighted by atomic mass is 10.2. The van der Waals surface area contributed by atoms with Crippen LogP contribution >= 0.6 is 0 Å². The van der Waals surface area contributed by atoms with Gasteiger partial charge in [-0.2, -0.15) is 0 Å². The van der Waals surface area contributed by atoms with E-state index < -0.39 is 0 Å². The summed E-state index contributed by atoms with van der Waals surface area (Å²) >= 11 is 0. The van der Waals surface area contributed by atoms with Crippen LogP contribution in [-0.2, 0) is 0 Å². The van der Waals surface area contributed by atoms with Gasteiger partial charge in [-0.3, -0.25) is 5.41 Å². The van der Waals surface area contributed by atoms with Crippen LogP contribution in [0, 0.1) is 5.41 Å². The first-order valence-electron chi connectivity index (χ1n) is 7.27. The summed E-state index contributed by atoms with van der Waals surface area (Å²) in [5.74, 6) is 0.472. The fourth-order valence-electron chi connectivity index (χ4n) is 2.32. The molecular formula is C15H22N4O2. The molecule has 1 saturated heterocycles. The first-order valence-corrected chi connectivity index (χ1v) is 7.27. The topological polar surface area (TPSA) is 91.4 Å². The lowest BCUT2D eigenvalue weighted by Crippen LogP contribution is -2.35. The zero-order chi connectivity index (χ0) is 15.1. The van der Waals surface area contributed by atoms with Crippen molar-refractivity contribution >= 4 is 17.6 Å². The van der Waals surface area contributed by atoms with Crippen LogP contribution in [0.4, 0.5) is 10.5 Å². The van der Waals surface area contributed by atoms with Gasteiger partial charge in [-0.25, -0.2) is 4.79 Å².